The molecule has 0 aliphatic carbocycles. The van der Waals surface area contributed by atoms with Gasteiger partial charge >= 0.3 is 5.97 Å². The Morgan fingerprint density at radius 1 is 1.50 bits per heavy atom. The fraction of sp³-hybridized carbons (Fsp3) is 0.300. The molecule has 0 aliphatic heterocycles. The molecule has 0 aromatic heterocycles. The Balaban J connectivity index is 2.86. The van der Waals surface area contributed by atoms with Crippen LogP contribution in [0.1, 0.15) is 24.2 Å². The highest BCUT2D eigenvalue weighted by atomic mass is 79.9. The summed E-state index contributed by atoms with van der Waals surface area (Å²) < 4.78 is 5.72. The normalized spacial score (nSPS) is 10.4. The lowest BCUT2D eigenvalue weighted by Gasteiger charge is -2.08. The van der Waals surface area contributed by atoms with Gasteiger partial charge in [-0.05, 0) is 48.0 Å². The van der Waals surface area contributed by atoms with Crippen LogP contribution in [0.2, 0.25) is 5.02 Å². The van der Waals surface area contributed by atoms with E-state index in [1.165, 1.54) is 0 Å². The minimum Gasteiger partial charge on any atom is -0.459 e. The number of carbonyl (C=O) groups is 1. The van der Waals surface area contributed by atoms with Crippen molar-refractivity contribution in [2.45, 2.75) is 20.0 Å². The molecule has 0 aliphatic rings. The molecular weight excluding hydrogens is 267 g/mol. The molecule has 0 atom stereocenters. The minimum absolute atomic E-state index is 0.114. The molecule has 2 nitrogen and oxygen atoms in total. The van der Waals surface area contributed by atoms with Crippen LogP contribution in [0.15, 0.2) is 22.7 Å². The SMILES string of the molecule is CC(C)OC(=O)c1ccc(Cl)c(Br)c1. The Hall–Kier alpha value is -0.540. The number of carbonyl (C=O) groups excluding carboxylic acids is 1. The molecule has 1 aromatic carbocycles. The summed E-state index contributed by atoms with van der Waals surface area (Å²) in [5, 5.41) is 0.575. The third kappa shape index (κ3) is 3.00. The lowest BCUT2D eigenvalue weighted by Crippen LogP contribution is -2.11. The van der Waals surface area contributed by atoms with Crippen LogP contribution in [0.4, 0.5) is 0 Å². The van der Waals surface area contributed by atoms with Gasteiger partial charge in [0.05, 0.1) is 16.7 Å². The van der Waals surface area contributed by atoms with Crippen molar-refractivity contribution in [3.8, 4) is 0 Å². The average Bonchev–Trinajstić information content (AvgIpc) is 2.08. The Kier molecular flexibility index (Phi) is 3.96. The number of hydrogen-bond acceptors (Lipinski definition) is 2. The third-order valence-electron chi connectivity index (χ3n) is 1.50. The van der Waals surface area contributed by atoms with Crippen molar-refractivity contribution < 1.29 is 9.53 Å². The van der Waals surface area contributed by atoms with Crippen molar-refractivity contribution in [3.05, 3.63) is 33.3 Å². The van der Waals surface area contributed by atoms with Crippen LogP contribution in [0, 0.1) is 0 Å². The van der Waals surface area contributed by atoms with Gasteiger partial charge < -0.3 is 4.74 Å². The zero-order valence-corrected chi connectivity index (χ0v) is 10.2. The van der Waals surface area contributed by atoms with Gasteiger partial charge in [0, 0.05) is 4.47 Å². The maximum atomic E-state index is 11.4. The first-order valence-corrected chi connectivity index (χ1v) is 5.34. The summed E-state index contributed by atoms with van der Waals surface area (Å²) in [4.78, 5) is 11.4. The molecule has 0 bridgehead atoms. The lowest BCUT2D eigenvalue weighted by molar-refractivity contribution is 0.0378. The van der Waals surface area contributed by atoms with Crippen LogP contribution < -0.4 is 0 Å². The van der Waals surface area contributed by atoms with E-state index in [9.17, 15) is 4.79 Å². The van der Waals surface area contributed by atoms with E-state index >= 15 is 0 Å². The Bertz CT molecular complexity index is 350. The van der Waals surface area contributed by atoms with Crippen LogP contribution in [-0.2, 0) is 4.74 Å². The van der Waals surface area contributed by atoms with Crippen LogP contribution in [0.5, 0.6) is 0 Å². The van der Waals surface area contributed by atoms with E-state index in [1.807, 2.05) is 13.8 Å². The van der Waals surface area contributed by atoms with Crippen molar-refractivity contribution >= 4 is 33.5 Å². The van der Waals surface area contributed by atoms with Crippen molar-refractivity contribution in [2.75, 3.05) is 0 Å². The van der Waals surface area contributed by atoms with Crippen molar-refractivity contribution in [2.24, 2.45) is 0 Å². The standard InChI is InChI=1S/C10H10BrClO2/c1-6(2)14-10(13)7-3-4-9(12)8(11)5-7/h3-6H,1-2H3. The molecule has 0 saturated carbocycles. The van der Waals surface area contributed by atoms with Crippen LogP contribution in [0.3, 0.4) is 0 Å². The van der Waals surface area contributed by atoms with Gasteiger partial charge in [-0.15, -0.1) is 0 Å². The first-order valence-electron chi connectivity index (χ1n) is 4.16. The first kappa shape index (κ1) is 11.5. The van der Waals surface area contributed by atoms with Gasteiger partial charge in [0.1, 0.15) is 0 Å². The summed E-state index contributed by atoms with van der Waals surface area (Å²) in [6, 6.07) is 4.94. The largest absolute Gasteiger partial charge is 0.459 e. The summed E-state index contributed by atoms with van der Waals surface area (Å²) in [5.41, 5.74) is 0.495. The molecule has 4 heteroatoms. The first-order chi connectivity index (χ1) is 6.50. The summed E-state index contributed by atoms with van der Waals surface area (Å²) in [6.45, 7) is 3.62. The second-order valence-electron chi connectivity index (χ2n) is 3.08. The van der Waals surface area contributed by atoms with Gasteiger partial charge in [-0.1, -0.05) is 11.6 Å². The summed E-state index contributed by atoms with van der Waals surface area (Å²) >= 11 is 9.03. The Morgan fingerprint density at radius 2 is 2.14 bits per heavy atom. The van der Waals surface area contributed by atoms with E-state index in [1.54, 1.807) is 18.2 Å². The number of halogens is 2. The molecule has 0 fully saturated rings. The molecule has 1 rings (SSSR count). The average molecular weight is 278 g/mol. The number of benzene rings is 1. The van der Waals surface area contributed by atoms with Gasteiger partial charge in [0.15, 0.2) is 0 Å². The second kappa shape index (κ2) is 4.80. The molecule has 1 aromatic rings. The van der Waals surface area contributed by atoms with E-state index in [4.69, 9.17) is 16.3 Å². The Labute approximate surface area is 96.3 Å². The fourth-order valence-electron chi connectivity index (χ4n) is 0.905. The van der Waals surface area contributed by atoms with E-state index in [2.05, 4.69) is 15.9 Å². The zero-order valence-electron chi connectivity index (χ0n) is 7.88. The lowest BCUT2D eigenvalue weighted by atomic mass is 10.2. The van der Waals surface area contributed by atoms with E-state index in [0.717, 1.165) is 0 Å². The molecule has 0 N–H and O–H groups in total. The van der Waals surface area contributed by atoms with Gasteiger partial charge in [-0.2, -0.15) is 0 Å². The van der Waals surface area contributed by atoms with E-state index in [-0.39, 0.29) is 12.1 Å². The maximum Gasteiger partial charge on any atom is 0.338 e. The Morgan fingerprint density at radius 3 is 2.64 bits per heavy atom. The summed E-state index contributed by atoms with van der Waals surface area (Å²) in [6.07, 6.45) is -0.114. The monoisotopic (exact) mass is 276 g/mol. The van der Waals surface area contributed by atoms with E-state index in [0.29, 0.717) is 15.1 Å². The van der Waals surface area contributed by atoms with Crippen LogP contribution in [-0.4, -0.2) is 12.1 Å². The molecule has 0 amide bonds. The van der Waals surface area contributed by atoms with Gasteiger partial charge in [0.25, 0.3) is 0 Å². The van der Waals surface area contributed by atoms with Crippen LogP contribution in [0.25, 0.3) is 0 Å². The van der Waals surface area contributed by atoms with E-state index < -0.39 is 0 Å². The molecule has 0 spiro atoms. The van der Waals surface area contributed by atoms with Crippen molar-refractivity contribution in [1.82, 2.24) is 0 Å². The quantitative estimate of drug-likeness (QED) is 0.771. The summed E-state index contributed by atoms with van der Waals surface area (Å²) in [7, 11) is 0. The zero-order chi connectivity index (χ0) is 10.7. The predicted molar refractivity (Wildman–Crippen MR) is 59.7 cm³/mol. The van der Waals surface area contributed by atoms with Gasteiger partial charge in [-0.25, -0.2) is 4.79 Å². The number of hydrogen-bond donors (Lipinski definition) is 0. The second-order valence-corrected chi connectivity index (χ2v) is 4.34. The minimum atomic E-state index is -0.336. The third-order valence-corrected chi connectivity index (χ3v) is 2.71. The highest BCUT2D eigenvalue weighted by molar-refractivity contribution is 9.10. The number of rotatable bonds is 2. The maximum absolute atomic E-state index is 11.4. The molecule has 0 unspecified atom stereocenters. The van der Waals surface area contributed by atoms with Crippen LogP contribution >= 0.6 is 27.5 Å². The molecular formula is C10H10BrClO2. The topological polar surface area (TPSA) is 26.3 Å². The fourth-order valence-corrected chi connectivity index (χ4v) is 1.40. The molecule has 0 radical (unpaired) electrons. The summed E-state index contributed by atoms with van der Waals surface area (Å²) in [5.74, 6) is -0.336. The van der Waals surface area contributed by atoms with Gasteiger partial charge in [-0.3, -0.25) is 0 Å². The highest BCUT2D eigenvalue weighted by Crippen LogP contribution is 2.23. The smallest absolute Gasteiger partial charge is 0.338 e. The number of ether oxygens (including phenoxy) is 1. The molecule has 14 heavy (non-hydrogen) atoms. The molecule has 76 valence electrons. The van der Waals surface area contributed by atoms with Crippen molar-refractivity contribution in [3.63, 3.8) is 0 Å². The molecule has 0 heterocycles. The van der Waals surface area contributed by atoms with Crippen molar-refractivity contribution in [1.29, 1.82) is 0 Å². The highest BCUT2D eigenvalue weighted by Gasteiger charge is 2.10. The predicted octanol–water partition coefficient (Wildman–Crippen LogP) is 3.67. The van der Waals surface area contributed by atoms with Gasteiger partial charge in [0.2, 0.25) is 0 Å². The number of esters is 1. The molecule has 0 saturated heterocycles.